The molecule has 0 amide bonds. The minimum absolute atomic E-state index is 0.721. The number of anilines is 1. The van der Waals surface area contributed by atoms with Crippen molar-refractivity contribution in [1.29, 1.82) is 0 Å². The Bertz CT molecular complexity index is 888. The van der Waals surface area contributed by atoms with Gasteiger partial charge in [-0.15, -0.1) is 11.3 Å². The lowest BCUT2D eigenvalue weighted by Crippen LogP contribution is -2.34. The summed E-state index contributed by atoms with van der Waals surface area (Å²) >= 11 is 5.36. The van der Waals surface area contributed by atoms with Crippen LogP contribution in [0.25, 0.3) is 21.3 Å². The first kappa shape index (κ1) is 17.0. The molecule has 0 aliphatic carbocycles. The maximum atomic E-state index is 4.73. The first-order valence-electron chi connectivity index (χ1n) is 8.94. The minimum Gasteiger partial charge on any atom is -0.356 e. The van der Waals surface area contributed by atoms with Crippen LogP contribution in [-0.4, -0.2) is 23.1 Å². The van der Waals surface area contributed by atoms with E-state index in [9.17, 15) is 0 Å². The highest BCUT2D eigenvalue weighted by Crippen LogP contribution is 2.42. The number of hydrogen-bond acceptors (Lipinski definition) is 4. The normalized spacial score (nSPS) is 18.0. The molecule has 3 heterocycles. The van der Waals surface area contributed by atoms with E-state index >= 15 is 0 Å². The van der Waals surface area contributed by atoms with Gasteiger partial charge in [-0.1, -0.05) is 41.9 Å². The van der Waals surface area contributed by atoms with Gasteiger partial charge in [-0.25, -0.2) is 9.97 Å². The average molecular weight is 416 g/mol. The Morgan fingerprint density at radius 1 is 1.24 bits per heavy atom. The van der Waals surface area contributed by atoms with E-state index in [1.807, 2.05) is 11.3 Å². The first-order valence-corrected chi connectivity index (χ1v) is 10.6. The van der Waals surface area contributed by atoms with E-state index in [0.29, 0.717) is 0 Å². The first-order chi connectivity index (χ1) is 12.2. The molecule has 1 aliphatic rings. The molecule has 0 spiro atoms. The number of aryl methyl sites for hydroxylation is 1. The van der Waals surface area contributed by atoms with Crippen LogP contribution in [0.2, 0.25) is 0 Å². The van der Waals surface area contributed by atoms with Crippen LogP contribution in [-0.2, 0) is 6.42 Å². The summed E-state index contributed by atoms with van der Waals surface area (Å²) in [5, 5.41) is 1.24. The van der Waals surface area contributed by atoms with Crippen molar-refractivity contribution < 1.29 is 0 Å². The van der Waals surface area contributed by atoms with Gasteiger partial charge in [0.15, 0.2) is 0 Å². The summed E-state index contributed by atoms with van der Waals surface area (Å²) in [5.74, 6) is 1.84. The maximum Gasteiger partial charge on any atom is 0.141 e. The number of hydrogen-bond donors (Lipinski definition) is 0. The summed E-state index contributed by atoms with van der Waals surface area (Å²) in [6.45, 7) is 6.74. The van der Waals surface area contributed by atoms with E-state index in [2.05, 4.69) is 63.9 Å². The minimum atomic E-state index is 0.721. The molecule has 4 rings (SSSR count). The Labute approximate surface area is 161 Å². The quantitative estimate of drug-likeness (QED) is 0.531. The number of fused-ring (bicyclic) bond motifs is 1. The van der Waals surface area contributed by atoms with Gasteiger partial charge in [0, 0.05) is 28.0 Å². The second-order valence-corrected chi connectivity index (χ2v) is 8.83. The summed E-state index contributed by atoms with van der Waals surface area (Å²) in [6.07, 6.45) is 5.31. The van der Waals surface area contributed by atoms with Gasteiger partial charge in [0.2, 0.25) is 0 Å². The van der Waals surface area contributed by atoms with E-state index in [1.54, 1.807) is 6.33 Å². The predicted octanol–water partition coefficient (Wildman–Crippen LogP) is 5.92. The Morgan fingerprint density at radius 2 is 2.04 bits per heavy atom. The Hall–Kier alpha value is -1.46. The van der Waals surface area contributed by atoms with Gasteiger partial charge in [-0.05, 0) is 42.9 Å². The van der Waals surface area contributed by atoms with Crippen molar-refractivity contribution in [3.63, 3.8) is 0 Å². The van der Waals surface area contributed by atoms with Crippen molar-refractivity contribution in [2.24, 2.45) is 5.92 Å². The lowest BCUT2D eigenvalue weighted by atomic mass is 9.98. The van der Waals surface area contributed by atoms with E-state index < -0.39 is 0 Å². The van der Waals surface area contributed by atoms with E-state index in [1.165, 1.54) is 34.2 Å². The van der Waals surface area contributed by atoms with Gasteiger partial charge in [-0.3, -0.25) is 0 Å². The zero-order chi connectivity index (χ0) is 17.4. The average Bonchev–Trinajstić information content (AvgIpc) is 3.01. The van der Waals surface area contributed by atoms with Crippen molar-refractivity contribution in [2.45, 2.75) is 33.1 Å². The summed E-state index contributed by atoms with van der Waals surface area (Å²) in [4.78, 5) is 14.3. The molecular weight excluding hydrogens is 394 g/mol. The number of halogens is 1. The third-order valence-electron chi connectivity index (χ3n) is 4.95. The van der Waals surface area contributed by atoms with Crippen molar-refractivity contribution >= 4 is 43.3 Å². The zero-order valence-corrected chi connectivity index (χ0v) is 17.0. The number of aromatic nitrogens is 2. The van der Waals surface area contributed by atoms with Gasteiger partial charge in [-0.2, -0.15) is 0 Å². The van der Waals surface area contributed by atoms with Gasteiger partial charge >= 0.3 is 0 Å². The van der Waals surface area contributed by atoms with Crippen LogP contribution in [0.5, 0.6) is 0 Å². The topological polar surface area (TPSA) is 29.0 Å². The van der Waals surface area contributed by atoms with Crippen molar-refractivity contribution in [3.05, 3.63) is 39.9 Å². The predicted molar refractivity (Wildman–Crippen MR) is 111 cm³/mol. The second kappa shape index (κ2) is 7.04. The van der Waals surface area contributed by atoms with Crippen LogP contribution in [0.3, 0.4) is 0 Å². The molecule has 3 aromatic rings. The highest BCUT2D eigenvalue weighted by atomic mass is 79.9. The monoisotopic (exact) mass is 415 g/mol. The molecule has 0 radical (unpaired) electrons. The molecule has 130 valence electrons. The molecule has 1 fully saturated rings. The number of nitrogens with zero attached hydrogens (tertiary/aromatic N) is 3. The Morgan fingerprint density at radius 3 is 2.76 bits per heavy atom. The number of benzene rings is 1. The summed E-state index contributed by atoms with van der Waals surface area (Å²) < 4.78 is 1.11. The molecule has 3 nitrogen and oxygen atoms in total. The molecule has 0 bridgehead atoms. The maximum absolute atomic E-state index is 4.73. The van der Waals surface area contributed by atoms with Gasteiger partial charge in [0.1, 0.15) is 17.0 Å². The second-order valence-electron chi connectivity index (χ2n) is 6.83. The molecule has 1 aliphatic heterocycles. The fourth-order valence-electron chi connectivity index (χ4n) is 3.76. The SMILES string of the molecule is CCc1sc2ncnc(N3CCCC(C)C3)c2c1-c1ccc(Br)cc1. The van der Waals surface area contributed by atoms with Crippen molar-refractivity contribution in [3.8, 4) is 11.1 Å². The number of thiophene rings is 1. The third kappa shape index (κ3) is 3.20. The molecule has 5 heteroatoms. The molecule has 2 aromatic heterocycles. The van der Waals surface area contributed by atoms with E-state index in [-0.39, 0.29) is 0 Å². The van der Waals surface area contributed by atoms with Crippen LogP contribution < -0.4 is 4.90 Å². The van der Waals surface area contributed by atoms with Crippen LogP contribution in [0.1, 0.15) is 31.6 Å². The summed E-state index contributed by atoms with van der Waals surface area (Å²) in [5.41, 5.74) is 2.58. The molecule has 25 heavy (non-hydrogen) atoms. The fourth-order valence-corrected chi connectivity index (χ4v) is 5.12. The van der Waals surface area contributed by atoms with E-state index in [0.717, 1.165) is 40.5 Å². The third-order valence-corrected chi connectivity index (χ3v) is 6.72. The highest BCUT2D eigenvalue weighted by molar-refractivity contribution is 9.10. The Balaban J connectivity index is 1.92. The fraction of sp³-hybridized carbons (Fsp3) is 0.400. The van der Waals surface area contributed by atoms with Crippen LogP contribution in [0.15, 0.2) is 35.1 Å². The standard InChI is InChI=1S/C20H22BrN3S/c1-3-16-17(14-6-8-15(21)9-7-14)18-19(22-12-23-20(18)25-16)24-10-4-5-13(2)11-24/h6-9,12-13H,3-5,10-11H2,1-2H3. The molecule has 0 saturated carbocycles. The molecule has 1 unspecified atom stereocenters. The van der Waals surface area contributed by atoms with Crippen LogP contribution in [0, 0.1) is 5.92 Å². The summed E-state index contributed by atoms with van der Waals surface area (Å²) in [6, 6.07) is 8.62. The van der Waals surface area contributed by atoms with Gasteiger partial charge < -0.3 is 4.90 Å². The number of rotatable bonds is 3. The van der Waals surface area contributed by atoms with Crippen LogP contribution in [0.4, 0.5) is 5.82 Å². The molecule has 1 saturated heterocycles. The lowest BCUT2D eigenvalue weighted by Gasteiger charge is -2.32. The van der Waals surface area contributed by atoms with Crippen LogP contribution >= 0.6 is 27.3 Å². The molecular formula is C20H22BrN3S. The highest BCUT2D eigenvalue weighted by Gasteiger charge is 2.24. The molecule has 1 aromatic carbocycles. The van der Waals surface area contributed by atoms with Gasteiger partial charge in [0.25, 0.3) is 0 Å². The smallest absolute Gasteiger partial charge is 0.141 e. The summed E-state index contributed by atoms with van der Waals surface area (Å²) in [7, 11) is 0. The number of piperidine rings is 1. The largest absolute Gasteiger partial charge is 0.356 e. The zero-order valence-electron chi connectivity index (χ0n) is 14.6. The van der Waals surface area contributed by atoms with Gasteiger partial charge in [0.05, 0.1) is 5.39 Å². The Kier molecular flexibility index (Phi) is 4.78. The van der Waals surface area contributed by atoms with E-state index in [4.69, 9.17) is 4.98 Å². The van der Waals surface area contributed by atoms with Crippen molar-refractivity contribution in [1.82, 2.24) is 9.97 Å². The lowest BCUT2D eigenvalue weighted by molar-refractivity contribution is 0.445. The molecule has 0 N–H and O–H groups in total. The van der Waals surface area contributed by atoms with Crippen molar-refractivity contribution in [2.75, 3.05) is 18.0 Å². The molecule has 1 atom stereocenters.